The first-order valence-corrected chi connectivity index (χ1v) is 6.57. The van der Waals surface area contributed by atoms with Gasteiger partial charge < -0.3 is 4.90 Å². The number of rotatable bonds is 0. The summed E-state index contributed by atoms with van der Waals surface area (Å²) >= 11 is 0. The van der Waals surface area contributed by atoms with Crippen molar-refractivity contribution in [2.24, 2.45) is 5.41 Å². The summed E-state index contributed by atoms with van der Waals surface area (Å²) in [5.41, 5.74) is 0.654. The van der Waals surface area contributed by atoms with Crippen LogP contribution in [0.4, 0.5) is 0 Å². The average molecular weight is 226 g/mol. The first kappa shape index (κ1) is 14.0. The zero-order valence-corrected chi connectivity index (χ0v) is 12.3. The van der Waals surface area contributed by atoms with E-state index in [1.165, 1.54) is 26.1 Å². The van der Waals surface area contributed by atoms with Gasteiger partial charge in [0, 0.05) is 24.7 Å². The van der Waals surface area contributed by atoms with E-state index in [9.17, 15) is 0 Å². The molecule has 0 N–H and O–H groups in total. The second kappa shape index (κ2) is 4.66. The first-order valence-electron chi connectivity index (χ1n) is 6.57. The lowest BCUT2D eigenvalue weighted by Crippen LogP contribution is -2.53. The summed E-state index contributed by atoms with van der Waals surface area (Å²) in [6.45, 7) is 17.8. The Balaban J connectivity index is 2.90. The molecule has 1 fully saturated rings. The molecule has 0 amide bonds. The Hall–Kier alpha value is -0.0800. The molecule has 0 unspecified atom stereocenters. The molecular weight excluding hydrogens is 196 g/mol. The zero-order valence-electron chi connectivity index (χ0n) is 12.3. The van der Waals surface area contributed by atoms with Gasteiger partial charge in [-0.25, -0.2) is 0 Å². The minimum Gasteiger partial charge on any atom is -0.305 e. The normalized spacial score (nSPS) is 26.8. The molecule has 16 heavy (non-hydrogen) atoms. The second-order valence-corrected chi connectivity index (χ2v) is 7.34. The maximum Gasteiger partial charge on any atom is 0.0162 e. The molecule has 0 aromatic carbocycles. The van der Waals surface area contributed by atoms with Crippen LogP contribution in [-0.2, 0) is 0 Å². The second-order valence-electron chi connectivity index (χ2n) is 7.34. The Morgan fingerprint density at radius 1 is 0.875 bits per heavy atom. The van der Waals surface area contributed by atoms with Crippen LogP contribution in [0.1, 0.15) is 48.0 Å². The van der Waals surface area contributed by atoms with E-state index in [1.54, 1.807) is 0 Å². The summed E-state index contributed by atoms with van der Waals surface area (Å²) in [5, 5.41) is 0. The third-order valence-electron chi connectivity index (χ3n) is 3.74. The fourth-order valence-corrected chi connectivity index (χ4v) is 2.75. The quantitative estimate of drug-likeness (QED) is 0.627. The van der Waals surface area contributed by atoms with Crippen molar-refractivity contribution in [2.45, 2.75) is 59.5 Å². The average Bonchev–Trinajstić information content (AvgIpc) is 2.23. The molecule has 0 aromatic heterocycles. The van der Waals surface area contributed by atoms with Crippen molar-refractivity contribution in [2.75, 3.05) is 26.7 Å². The summed E-state index contributed by atoms with van der Waals surface area (Å²) in [4.78, 5) is 5.17. The largest absolute Gasteiger partial charge is 0.305 e. The first-order chi connectivity index (χ1) is 7.12. The van der Waals surface area contributed by atoms with Crippen LogP contribution in [-0.4, -0.2) is 48.1 Å². The van der Waals surface area contributed by atoms with Gasteiger partial charge in [-0.1, -0.05) is 20.8 Å². The minimum absolute atomic E-state index is 0.281. The Labute approximate surface area is 102 Å². The third kappa shape index (κ3) is 3.46. The summed E-state index contributed by atoms with van der Waals surface area (Å²) in [7, 11) is 2.24. The van der Waals surface area contributed by atoms with E-state index in [0.717, 1.165) is 0 Å². The van der Waals surface area contributed by atoms with Gasteiger partial charge in [-0.05, 0) is 46.2 Å². The van der Waals surface area contributed by atoms with Crippen LogP contribution in [0.5, 0.6) is 0 Å². The van der Waals surface area contributed by atoms with Gasteiger partial charge in [-0.2, -0.15) is 0 Å². The van der Waals surface area contributed by atoms with Crippen LogP contribution in [0.15, 0.2) is 0 Å². The van der Waals surface area contributed by atoms with E-state index < -0.39 is 0 Å². The smallest absolute Gasteiger partial charge is 0.0162 e. The molecule has 2 nitrogen and oxygen atoms in total. The molecule has 1 aliphatic rings. The number of likely N-dealkylation sites (N-methyl/N-ethyl adjacent to an activating group) is 1. The molecule has 1 atom stereocenters. The Kier molecular flexibility index (Phi) is 4.07. The Morgan fingerprint density at radius 3 is 1.88 bits per heavy atom. The highest BCUT2D eigenvalue weighted by Gasteiger charge is 2.37. The number of hydrogen-bond acceptors (Lipinski definition) is 2. The Morgan fingerprint density at radius 2 is 1.44 bits per heavy atom. The van der Waals surface area contributed by atoms with Gasteiger partial charge in [0.25, 0.3) is 0 Å². The zero-order chi connectivity index (χ0) is 12.6. The summed E-state index contributed by atoms with van der Waals surface area (Å²) in [5.74, 6) is 0. The van der Waals surface area contributed by atoms with Gasteiger partial charge in [-0.3, -0.25) is 4.90 Å². The molecule has 1 aliphatic heterocycles. The summed E-state index contributed by atoms with van der Waals surface area (Å²) in [6.07, 6.45) is 1.29. The number of nitrogens with zero attached hydrogens (tertiary/aromatic N) is 2. The van der Waals surface area contributed by atoms with Gasteiger partial charge >= 0.3 is 0 Å². The van der Waals surface area contributed by atoms with E-state index in [0.29, 0.717) is 11.5 Å². The molecule has 0 bridgehead atoms. The molecule has 0 spiro atoms. The molecule has 0 saturated carbocycles. The van der Waals surface area contributed by atoms with Crippen LogP contribution < -0.4 is 0 Å². The van der Waals surface area contributed by atoms with Gasteiger partial charge in [-0.15, -0.1) is 0 Å². The van der Waals surface area contributed by atoms with Crippen molar-refractivity contribution < 1.29 is 0 Å². The molecule has 1 saturated heterocycles. The molecule has 0 aromatic rings. The van der Waals surface area contributed by atoms with Gasteiger partial charge in [0.15, 0.2) is 0 Å². The lowest BCUT2D eigenvalue weighted by molar-refractivity contribution is 0.0278. The summed E-state index contributed by atoms with van der Waals surface area (Å²) < 4.78 is 0. The molecule has 1 heterocycles. The van der Waals surface area contributed by atoms with Gasteiger partial charge in [0.1, 0.15) is 0 Å². The van der Waals surface area contributed by atoms with E-state index in [4.69, 9.17) is 0 Å². The Bertz CT molecular complexity index is 198. The molecule has 0 aliphatic carbocycles. The highest BCUT2D eigenvalue weighted by molar-refractivity contribution is 4.92. The molecule has 1 rings (SSSR count). The molecule has 0 radical (unpaired) electrons. The monoisotopic (exact) mass is 226 g/mol. The number of hydrogen-bond donors (Lipinski definition) is 0. The lowest BCUT2D eigenvalue weighted by atomic mass is 9.81. The minimum atomic E-state index is 0.281. The van der Waals surface area contributed by atoms with Crippen molar-refractivity contribution in [3.63, 3.8) is 0 Å². The van der Waals surface area contributed by atoms with Crippen LogP contribution in [0.3, 0.4) is 0 Å². The van der Waals surface area contributed by atoms with Crippen molar-refractivity contribution in [3.8, 4) is 0 Å². The highest BCUT2D eigenvalue weighted by atomic mass is 15.3. The van der Waals surface area contributed by atoms with Gasteiger partial charge in [0.05, 0.1) is 0 Å². The van der Waals surface area contributed by atoms with Crippen LogP contribution in [0.25, 0.3) is 0 Å². The van der Waals surface area contributed by atoms with Crippen molar-refractivity contribution in [3.05, 3.63) is 0 Å². The third-order valence-corrected chi connectivity index (χ3v) is 3.74. The fraction of sp³-hybridized carbons (Fsp3) is 1.00. The van der Waals surface area contributed by atoms with Crippen molar-refractivity contribution in [1.29, 1.82) is 0 Å². The maximum absolute atomic E-state index is 2.70. The summed E-state index contributed by atoms with van der Waals surface area (Å²) in [6, 6.07) is 0.692. The van der Waals surface area contributed by atoms with E-state index in [-0.39, 0.29) is 5.54 Å². The predicted octanol–water partition coefficient (Wildman–Crippen LogP) is 2.84. The molecular formula is C14H30N2. The highest BCUT2D eigenvalue weighted by Crippen LogP contribution is 2.33. The van der Waals surface area contributed by atoms with Crippen LogP contribution >= 0.6 is 0 Å². The maximum atomic E-state index is 2.70. The SMILES string of the molecule is CN1CC[C@@H](C(C)(C)C)N(C(C)(C)C)CC1. The van der Waals surface area contributed by atoms with Crippen LogP contribution in [0.2, 0.25) is 0 Å². The van der Waals surface area contributed by atoms with Crippen molar-refractivity contribution in [1.82, 2.24) is 9.80 Å². The topological polar surface area (TPSA) is 6.48 Å². The van der Waals surface area contributed by atoms with Crippen LogP contribution in [0, 0.1) is 5.41 Å². The predicted molar refractivity (Wildman–Crippen MR) is 71.8 cm³/mol. The van der Waals surface area contributed by atoms with E-state index >= 15 is 0 Å². The van der Waals surface area contributed by atoms with Crippen molar-refractivity contribution >= 4 is 0 Å². The van der Waals surface area contributed by atoms with E-state index in [2.05, 4.69) is 58.4 Å². The molecule has 2 heteroatoms. The molecule has 96 valence electrons. The fourth-order valence-electron chi connectivity index (χ4n) is 2.75. The van der Waals surface area contributed by atoms with Gasteiger partial charge in [0.2, 0.25) is 0 Å². The standard InChI is InChI=1S/C14H30N2/c1-13(2,3)12-8-9-15(7)10-11-16(12)14(4,5)6/h12H,8-11H2,1-7H3/t12-/m0/s1. The van der Waals surface area contributed by atoms with E-state index in [1.807, 2.05) is 0 Å². The lowest BCUT2D eigenvalue weighted by Gasteiger charge is -2.46.